The van der Waals surface area contributed by atoms with Crippen LogP contribution in [0.2, 0.25) is 0 Å². The summed E-state index contributed by atoms with van der Waals surface area (Å²) in [4.78, 5) is 25.9. The quantitative estimate of drug-likeness (QED) is 0.628. The minimum absolute atomic E-state index is 0.00261. The van der Waals surface area contributed by atoms with Crippen LogP contribution >= 0.6 is 0 Å². The van der Waals surface area contributed by atoms with Crippen LogP contribution in [0, 0.1) is 17.8 Å². The molecule has 0 unspecified atom stereocenters. The summed E-state index contributed by atoms with van der Waals surface area (Å²) < 4.78 is 31.9. The van der Waals surface area contributed by atoms with Gasteiger partial charge in [-0.25, -0.2) is 13.1 Å². The second-order valence-corrected chi connectivity index (χ2v) is 8.84. The molecule has 0 aromatic heterocycles. The zero-order chi connectivity index (χ0) is 19.6. The highest BCUT2D eigenvalue weighted by molar-refractivity contribution is 7.89. The fourth-order valence-electron chi connectivity index (χ4n) is 3.60. The molecule has 1 heterocycles. The lowest BCUT2D eigenvalue weighted by Gasteiger charge is -2.17. The molecule has 1 aliphatic carbocycles. The number of hydrogen-bond donors (Lipinski definition) is 2. The molecule has 2 atom stereocenters. The molecular weight excluding hydrogens is 372 g/mol. The largest absolute Gasteiger partial charge is 0.481 e. The van der Waals surface area contributed by atoms with Crippen LogP contribution in [0.25, 0.3) is 0 Å². The number of aliphatic carboxylic acids is 1. The van der Waals surface area contributed by atoms with Crippen LogP contribution in [0.4, 0.5) is 0 Å². The molecule has 1 aliphatic heterocycles. The highest BCUT2D eigenvalue weighted by Crippen LogP contribution is 2.44. The molecule has 1 aromatic carbocycles. The summed E-state index contributed by atoms with van der Waals surface area (Å²) in [6.45, 7) is 0.944. The van der Waals surface area contributed by atoms with E-state index in [1.54, 1.807) is 6.07 Å². The third-order valence-corrected chi connectivity index (χ3v) is 6.65. The van der Waals surface area contributed by atoms with Crippen LogP contribution in [0.3, 0.4) is 0 Å². The number of likely N-dealkylation sites (tertiary alicyclic amines) is 1. The molecule has 27 heavy (non-hydrogen) atoms. The Hall–Kier alpha value is -1.97. The van der Waals surface area contributed by atoms with Gasteiger partial charge < -0.3 is 14.7 Å². The number of rotatable bonds is 8. The molecule has 0 bridgehead atoms. The number of carboxylic acids is 1. The zero-order valence-electron chi connectivity index (χ0n) is 15.1. The number of ether oxygens (including phenoxy) is 1. The number of carbonyl (C=O) groups excluding carboxylic acids is 1. The first-order chi connectivity index (χ1) is 12.8. The van der Waals surface area contributed by atoms with Gasteiger partial charge in [0, 0.05) is 32.3 Å². The van der Waals surface area contributed by atoms with E-state index in [-0.39, 0.29) is 42.0 Å². The van der Waals surface area contributed by atoms with Crippen molar-refractivity contribution in [3.63, 3.8) is 0 Å². The van der Waals surface area contributed by atoms with Crippen molar-refractivity contribution < 1.29 is 27.9 Å². The second-order valence-electron chi connectivity index (χ2n) is 7.07. The second kappa shape index (κ2) is 7.95. The first-order valence-electron chi connectivity index (χ1n) is 8.94. The standard InChI is InChI=1S/C18H24N2O6S/c1-26-8-7-19-27(24,25)14-4-2-3-13(9-14)17(21)20-10-15(12-5-6-12)16(11-20)18(22)23/h2-4,9,12,15-16,19H,5-8,10-11H2,1H3,(H,22,23)/t15-,16+/m1/s1. The lowest BCUT2D eigenvalue weighted by atomic mass is 9.92. The fraction of sp³-hybridized carbons (Fsp3) is 0.556. The summed E-state index contributed by atoms with van der Waals surface area (Å²) in [5.74, 6) is -1.40. The minimum Gasteiger partial charge on any atom is -0.481 e. The van der Waals surface area contributed by atoms with E-state index in [0.717, 1.165) is 12.8 Å². The molecular formula is C18H24N2O6S. The van der Waals surface area contributed by atoms with Gasteiger partial charge in [0.25, 0.3) is 5.91 Å². The summed E-state index contributed by atoms with van der Waals surface area (Å²) in [5, 5.41) is 9.45. The number of nitrogens with zero attached hydrogens (tertiary/aromatic N) is 1. The summed E-state index contributed by atoms with van der Waals surface area (Å²) in [5.41, 5.74) is 0.241. The van der Waals surface area contributed by atoms with E-state index in [1.165, 1.54) is 30.2 Å². The molecule has 8 nitrogen and oxygen atoms in total. The van der Waals surface area contributed by atoms with Gasteiger partial charge in [0.15, 0.2) is 0 Å². The van der Waals surface area contributed by atoms with E-state index in [0.29, 0.717) is 12.5 Å². The van der Waals surface area contributed by atoms with Gasteiger partial charge in [-0.15, -0.1) is 0 Å². The Morgan fingerprint density at radius 1 is 1.30 bits per heavy atom. The van der Waals surface area contributed by atoms with Crippen molar-refractivity contribution in [1.82, 2.24) is 9.62 Å². The van der Waals surface area contributed by atoms with E-state index < -0.39 is 21.9 Å². The Kier molecular flexibility index (Phi) is 5.83. The number of sulfonamides is 1. The Bertz CT molecular complexity index is 821. The summed E-state index contributed by atoms with van der Waals surface area (Å²) in [7, 11) is -2.27. The highest BCUT2D eigenvalue weighted by Gasteiger charge is 2.46. The lowest BCUT2D eigenvalue weighted by Crippen LogP contribution is -2.30. The number of carbonyl (C=O) groups is 2. The molecule has 9 heteroatoms. The van der Waals surface area contributed by atoms with E-state index in [9.17, 15) is 23.1 Å². The number of benzene rings is 1. The minimum atomic E-state index is -3.75. The van der Waals surface area contributed by atoms with E-state index in [1.807, 2.05) is 0 Å². The monoisotopic (exact) mass is 396 g/mol. The fourth-order valence-corrected chi connectivity index (χ4v) is 4.66. The van der Waals surface area contributed by atoms with E-state index >= 15 is 0 Å². The molecule has 148 valence electrons. The first kappa shape index (κ1) is 19.8. The Morgan fingerprint density at radius 2 is 2.04 bits per heavy atom. The van der Waals surface area contributed by atoms with Gasteiger partial charge in [0.2, 0.25) is 10.0 Å². The SMILES string of the molecule is COCCNS(=O)(=O)c1cccc(C(=O)N2C[C@H](C(=O)O)[C@@H](C3CC3)C2)c1. The van der Waals surface area contributed by atoms with Crippen molar-refractivity contribution in [1.29, 1.82) is 0 Å². The molecule has 1 saturated carbocycles. The summed E-state index contributed by atoms with van der Waals surface area (Å²) >= 11 is 0. The van der Waals surface area contributed by atoms with Crippen LogP contribution in [-0.2, 0) is 19.6 Å². The lowest BCUT2D eigenvalue weighted by molar-refractivity contribution is -0.142. The van der Waals surface area contributed by atoms with Gasteiger partial charge in [-0.2, -0.15) is 0 Å². The maximum absolute atomic E-state index is 12.8. The number of nitrogens with one attached hydrogen (secondary N) is 1. The van der Waals surface area contributed by atoms with Crippen molar-refractivity contribution in [2.24, 2.45) is 17.8 Å². The molecule has 1 saturated heterocycles. The number of methoxy groups -OCH3 is 1. The van der Waals surface area contributed by atoms with Crippen LogP contribution < -0.4 is 4.72 Å². The van der Waals surface area contributed by atoms with E-state index in [2.05, 4.69) is 4.72 Å². The smallest absolute Gasteiger partial charge is 0.308 e. The highest BCUT2D eigenvalue weighted by atomic mass is 32.2. The first-order valence-corrected chi connectivity index (χ1v) is 10.4. The number of carboxylic acid groups (broad SMARTS) is 1. The van der Waals surface area contributed by atoms with Crippen LogP contribution in [-0.4, -0.2) is 63.7 Å². The normalized spacial score (nSPS) is 22.8. The molecule has 1 aromatic rings. The van der Waals surface area contributed by atoms with Gasteiger partial charge in [0.05, 0.1) is 17.4 Å². The Morgan fingerprint density at radius 3 is 2.67 bits per heavy atom. The van der Waals surface area contributed by atoms with Crippen LogP contribution in [0.15, 0.2) is 29.2 Å². The van der Waals surface area contributed by atoms with Crippen molar-refractivity contribution >= 4 is 21.9 Å². The van der Waals surface area contributed by atoms with E-state index in [4.69, 9.17) is 4.74 Å². The van der Waals surface area contributed by atoms with Crippen LogP contribution in [0.1, 0.15) is 23.2 Å². The van der Waals surface area contributed by atoms with Crippen LogP contribution in [0.5, 0.6) is 0 Å². The molecule has 2 aliphatic rings. The van der Waals surface area contributed by atoms with Crippen molar-refractivity contribution in [2.75, 3.05) is 33.4 Å². The maximum Gasteiger partial charge on any atom is 0.308 e. The Balaban J connectivity index is 1.75. The maximum atomic E-state index is 12.8. The Labute approximate surface area is 158 Å². The van der Waals surface area contributed by atoms with Crippen molar-refractivity contribution in [2.45, 2.75) is 17.7 Å². The van der Waals surface area contributed by atoms with Gasteiger partial charge in [-0.05, 0) is 42.9 Å². The van der Waals surface area contributed by atoms with Crippen molar-refractivity contribution in [3.05, 3.63) is 29.8 Å². The summed E-state index contributed by atoms with van der Waals surface area (Å²) in [6.07, 6.45) is 2.02. The number of hydrogen-bond acceptors (Lipinski definition) is 5. The molecule has 3 rings (SSSR count). The molecule has 0 spiro atoms. The third-order valence-electron chi connectivity index (χ3n) is 5.19. The predicted octanol–water partition coefficient (Wildman–Crippen LogP) is 0.794. The topological polar surface area (TPSA) is 113 Å². The predicted molar refractivity (Wildman–Crippen MR) is 96.7 cm³/mol. The van der Waals surface area contributed by atoms with Gasteiger partial charge in [0.1, 0.15) is 0 Å². The zero-order valence-corrected chi connectivity index (χ0v) is 15.9. The molecule has 2 fully saturated rings. The van der Waals surface area contributed by atoms with Gasteiger partial charge in [-0.1, -0.05) is 6.07 Å². The molecule has 0 radical (unpaired) electrons. The van der Waals surface area contributed by atoms with Crippen molar-refractivity contribution in [3.8, 4) is 0 Å². The molecule has 1 amide bonds. The van der Waals surface area contributed by atoms with Gasteiger partial charge >= 0.3 is 5.97 Å². The molecule has 2 N–H and O–H groups in total. The summed E-state index contributed by atoms with van der Waals surface area (Å²) in [6, 6.07) is 5.82. The number of amides is 1. The van der Waals surface area contributed by atoms with Gasteiger partial charge in [-0.3, -0.25) is 9.59 Å². The average Bonchev–Trinajstić information content (AvgIpc) is 3.39. The third kappa shape index (κ3) is 4.48. The average molecular weight is 396 g/mol.